The average Bonchev–Trinajstić information content (AvgIpc) is 2.98. The molecule has 0 radical (unpaired) electrons. The van der Waals surface area contributed by atoms with Gasteiger partial charge in [-0.1, -0.05) is 19.3 Å². The highest BCUT2D eigenvalue weighted by Gasteiger charge is 2.20. The van der Waals surface area contributed by atoms with Crippen LogP contribution < -0.4 is 10.0 Å². The maximum atomic E-state index is 12.4. The summed E-state index contributed by atoms with van der Waals surface area (Å²) in [6.45, 7) is 1.76. The van der Waals surface area contributed by atoms with E-state index in [9.17, 15) is 13.5 Å². The highest BCUT2D eigenvalue weighted by molar-refractivity contribution is 7.93. The van der Waals surface area contributed by atoms with Crippen LogP contribution in [0.5, 0.6) is 5.75 Å². The molecule has 1 aromatic carbocycles. The third-order valence-electron chi connectivity index (χ3n) is 4.32. The van der Waals surface area contributed by atoms with Crippen molar-refractivity contribution in [3.8, 4) is 5.75 Å². The van der Waals surface area contributed by atoms with Crippen molar-refractivity contribution >= 4 is 32.7 Å². The number of rotatable bonds is 5. The Labute approximate surface area is 146 Å². The van der Waals surface area contributed by atoms with E-state index in [-0.39, 0.29) is 16.3 Å². The van der Waals surface area contributed by atoms with Crippen LogP contribution in [0.4, 0.5) is 11.4 Å². The van der Waals surface area contributed by atoms with Gasteiger partial charge in [-0.25, -0.2) is 8.42 Å². The first-order chi connectivity index (χ1) is 11.5. The number of phenolic OH excluding ortho intramolecular Hbond substituents is 1. The fraction of sp³-hybridized carbons (Fsp3) is 0.412. The molecule has 3 rings (SSSR count). The smallest absolute Gasteiger partial charge is 0.263 e. The van der Waals surface area contributed by atoms with E-state index in [0.29, 0.717) is 6.04 Å². The van der Waals surface area contributed by atoms with Gasteiger partial charge in [0.1, 0.15) is 10.6 Å². The number of phenols is 1. The van der Waals surface area contributed by atoms with Crippen molar-refractivity contribution in [1.82, 2.24) is 0 Å². The second-order valence-electron chi connectivity index (χ2n) is 6.16. The number of hydrogen-bond donors (Lipinski definition) is 3. The monoisotopic (exact) mass is 366 g/mol. The Morgan fingerprint density at radius 2 is 1.92 bits per heavy atom. The molecule has 1 fully saturated rings. The van der Waals surface area contributed by atoms with Crippen LogP contribution in [0.3, 0.4) is 0 Å². The van der Waals surface area contributed by atoms with E-state index in [1.54, 1.807) is 36.6 Å². The number of aromatic hydroxyl groups is 1. The van der Waals surface area contributed by atoms with Crippen molar-refractivity contribution in [3.63, 3.8) is 0 Å². The third-order valence-corrected chi connectivity index (χ3v) is 6.80. The van der Waals surface area contributed by atoms with Gasteiger partial charge in [-0.3, -0.25) is 4.72 Å². The SMILES string of the molecule is Cc1sccc1S(=O)(=O)Nc1ccc(NC2CCCCC2)cc1O. The van der Waals surface area contributed by atoms with Crippen molar-refractivity contribution in [3.05, 3.63) is 34.5 Å². The van der Waals surface area contributed by atoms with Gasteiger partial charge in [0.25, 0.3) is 10.0 Å². The number of anilines is 2. The van der Waals surface area contributed by atoms with E-state index in [4.69, 9.17) is 0 Å². The van der Waals surface area contributed by atoms with Crippen LogP contribution in [-0.4, -0.2) is 19.6 Å². The fourth-order valence-electron chi connectivity index (χ4n) is 3.04. The fourth-order valence-corrected chi connectivity index (χ4v) is 5.39. The van der Waals surface area contributed by atoms with Gasteiger partial charge in [-0.15, -0.1) is 11.3 Å². The van der Waals surface area contributed by atoms with Crippen LogP contribution in [0, 0.1) is 6.92 Å². The Balaban J connectivity index is 1.74. The normalized spacial score (nSPS) is 16.0. The molecule has 1 aliphatic carbocycles. The van der Waals surface area contributed by atoms with Gasteiger partial charge in [0.05, 0.1) is 5.69 Å². The quantitative estimate of drug-likeness (QED) is 0.689. The largest absolute Gasteiger partial charge is 0.506 e. The second kappa shape index (κ2) is 7.03. The predicted molar refractivity (Wildman–Crippen MR) is 98.5 cm³/mol. The molecule has 0 saturated heterocycles. The molecule has 1 aliphatic rings. The lowest BCUT2D eigenvalue weighted by atomic mass is 9.95. The van der Waals surface area contributed by atoms with E-state index < -0.39 is 10.0 Å². The van der Waals surface area contributed by atoms with Gasteiger partial charge in [0.2, 0.25) is 0 Å². The Bertz CT molecular complexity index is 809. The lowest BCUT2D eigenvalue weighted by Crippen LogP contribution is -2.22. The Morgan fingerprint density at radius 1 is 1.17 bits per heavy atom. The first-order valence-electron chi connectivity index (χ1n) is 8.12. The zero-order chi connectivity index (χ0) is 17.2. The maximum Gasteiger partial charge on any atom is 0.263 e. The van der Waals surface area contributed by atoms with Crippen LogP contribution in [0.15, 0.2) is 34.5 Å². The minimum Gasteiger partial charge on any atom is -0.506 e. The third kappa shape index (κ3) is 3.84. The number of hydrogen-bond acceptors (Lipinski definition) is 5. The molecule has 1 saturated carbocycles. The standard InChI is InChI=1S/C17H22N2O3S2/c1-12-17(9-10-23-12)24(21,22)19-15-8-7-14(11-16(15)20)18-13-5-3-2-4-6-13/h7-11,13,18-20H,2-6H2,1H3. The summed E-state index contributed by atoms with van der Waals surface area (Å²) in [6, 6.07) is 6.96. The molecule has 7 heteroatoms. The molecule has 24 heavy (non-hydrogen) atoms. The summed E-state index contributed by atoms with van der Waals surface area (Å²) in [5, 5.41) is 15.3. The molecule has 0 unspecified atom stereocenters. The summed E-state index contributed by atoms with van der Waals surface area (Å²) < 4.78 is 27.3. The molecule has 0 aliphatic heterocycles. The number of benzene rings is 1. The lowest BCUT2D eigenvalue weighted by Gasteiger charge is -2.24. The van der Waals surface area contributed by atoms with Gasteiger partial charge >= 0.3 is 0 Å². The summed E-state index contributed by atoms with van der Waals surface area (Å²) in [5.41, 5.74) is 1.00. The molecule has 0 atom stereocenters. The molecule has 0 amide bonds. The minimum atomic E-state index is -3.68. The summed E-state index contributed by atoms with van der Waals surface area (Å²) in [6.07, 6.45) is 5.99. The van der Waals surface area contributed by atoms with Gasteiger partial charge < -0.3 is 10.4 Å². The molecule has 3 N–H and O–H groups in total. The van der Waals surface area contributed by atoms with E-state index in [0.717, 1.165) is 23.4 Å². The maximum absolute atomic E-state index is 12.4. The van der Waals surface area contributed by atoms with Gasteiger partial charge in [0.15, 0.2) is 0 Å². The molecule has 2 aromatic rings. The van der Waals surface area contributed by atoms with E-state index in [1.807, 2.05) is 0 Å². The molecule has 1 heterocycles. The zero-order valence-electron chi connectivity index (χ0n) is 13.6. The molecule has 1 aromatic heterocycles. The number of nitrogens with one attached hydrogen (secondary N) is 2. The van der Waals surface area contributed by atoms with Crippen LogP contribution in [0.1, 0.15) is 37.0 Å². The van der Waals surface area contributed by atoms with Crippen molar-refractivity contribution < 1.29 is 13.5 Å². The number of aryl methyl sites for hydroxylation is 1. The number of thiophene rings is 1. The van der Waals surface area contributed by atoms with Crippen LogP contribution in [0.25, 0.3) is 0 Å². The summed E-state index contributed by atoms with van der Waals surface area (Å²) in [7, 11) is -3.68. The molecule has 130 valence electrons. The zero-order valence-corrected chi connectivity index (χ0v) is 15.2. The van der Waals surface area contributed by atoms with E-state index in [1.165, 1.54) is 30.6 Å². The topological polar surface area (TPSA) is 78.4 Å². The molecular formula is C17H22N2O3S2. The van der Waals surface area contributed by atoms with E-state index >= 15 is 0 Å². The van der Waals surface area contributed by atoms with Crippen molar-refractivity contribution in [1.29, 1.82) is 0 Å². The molecule has 5 nitrogen and oxygen atoms in total. The highest BCUT2D eigenvalue weighted by atomic mass is 32.2. The lowest BCUT2D eigenvalue weighted by molar-refractivity contribution is 0.461. The highest BCUT2D eigenvalue weighted by Crippen LogP contribution is 2.31. The van der Waals surface area contributed by atoms with Crippen molar-refractivity contribution in [2.24, 2.45) is 0 Å². The molecule has 0 spiro atoms. The predicted octanol–water partition coefficient (Wildman–Crippen LogP) is 4.31. The Kier molecular flexibility index (Phi) is 5.01. The van der Waals surface area contributed by atoms with Gasteiger partial charge in [0, 0.05) is 22.7 Å². The summed E-state index contributed by atoms with van der Waals surface area (Å²) in [4.78, 5) is 0.967. The Morgan fingerprint density at radius 3 is 2.54 bits per heavy atom. The molecule has 0 bridgehead atoms. The van der Waals surface area contributed by atoms with Crippen molar-refractivity contribution in [2.75, 3.05) is 10.0 Å². The van der Waals surface area contributed by atoms with Gasteiger partial charge in [-0.2, -0.15) is 0 Å². The van der Waals surface area contributed by atoms with Gasteiger partial charge in [-0.05, 0) is 43.3 Å². The first kappa shape index (κ1) is 17.1. The van der Waals surface area contributed by atoms with Crippen molar-refractivity contribution in [2.45, 2.75) is 50.0 Å². The van der Waals surface area contributed by atoms with Crippen LogP contribution in [-0.2, 0) is 10.0 Å². The van der Waals surface area contributed by atoms with Crippen LogP contribution >= 0.6 is 11.3 Å². The second-order valence-corrected chi connectivity index (χ2v) is 8.93. The Hall–Kier alpha value is -1.73. The molecular weight excluding hydrogens is 344 g/mol. The first-order valence-corrected chi connectivity index (χ1v) is 10.5. The van der Waals surface area contributed by atoms with Crippen LogP contribution in [0.2, 0.25) is 0 Å². The summed E-state index contributed by atoms with van der Waals surface area (Å²) in [5.74, 6) is -0.0766. The number of sulfonamides is 1. The van der Waals surface area contributed by atoms with E-state index in [2.05, 4.69) is 10.0 Å². The summed E-state index contributed by atoms with van der Waals surface area (Å²) >= 11 is 1.38. The minimum absolute atomic E-state index is 0.0766. The average molecular weight is 367 g/mol.